The van der Waals surface area contributed by atoms with Crippen LogP contribution in [0, 0.1) is 17.8 Å². The zero-order valence-corrected chi connectivity index (χ0v) is 29.2. The third kappa shape index (κ3) is 32.0. The molecule has 0 aliphatic heterocycles. The van der Waals surface area contributed by atoms with Gasteiger partial charge in [0.1, 0.15) is 6.61 Å². The predicted molar refractivity (Wildman–Crippen MR) is 184 cm³/mol. The van der Waals surface area contributed by atoms with Crippen LogP contribution in [0.4, 0.5) is 0 Å². The van der Waals surface area contributed by atoms with Crippen LogP contribution in [0.1, 0.15) is 208 Å². The highest BCUT2D eigenvalue weighted by molar-refractivity contribution is 5.69. The third-order valence-electron chi connectivity index (χ3n) is 9.05. The van der Waals surface area contributed by atoms with Crippen molar-refractivity contribution in [3.05, 3.63) is 11.6 Å². The number of hydrogen-bond acceptors (Lipinski definition) is 2. The van der Waals surface area contributed by atoms with Gasteiger partial charge < -0.3 is 4.74 Å². The maximum atomic E-state index is 12.1. The minimum absolute atomic E-state index is 0.0218. The average molecular weight is 577 g/mol. The molecule has 0 fully saturated rings. The number of carbonyl (C=O) groups is 1. The van der Waals surface area contributed by atoms with Crippen LogP contribution < -0.4 is 0 Å². The lowest BCUT2D eigenvalue weighted by Gasteiger charge is -2.15. The number of unbranched alkanes of at least 4 members (excludes halogenated alkanes) is 15. The lowest BCUT2D eigenvalue weighted by Crippen LogP contribution is -2.04. The summed E-state index contributed by atoms with van der Waals surface area (Å²) in [6.45, 7) is 14.5. The number of esters is 1. The van der Waals surface area contributed by atoms with Gasteiger partial charge in [-0.05, 0) is 50.0 Å². The van der Waals surface area contributed by atoms with Gasteiger partial charge in [0.15, 0.2) is 0 Å². The minimum atomic E-state index is -0.0218. The van der Waals surface area contributed by atoms with Crippen molar-refractivity contribution >= 4 is 5.97 Å². The molecule has 41 heavy (non-hydrogen) atoms. The summed E-state index contributed by atoms with van der Waals surface area (Å²) in [5.74, 6) is 2.54. The molecule has 2 heteroatoms. The van der Waals surface area contributed by atoms with E-state index in [1.165, 1.54) is 147 Å². The molecule has 0 heterocycles. The highest BCUT2D eigenvalue weighted by Gasteiger charge is 2.07. The zero-order chi connectivity index (χ0) is 30.4. The normalized spacial score (nSPS) is 13.6. The van der Waals surface area contributed by atoms with E-state index in [2.05, 4.69) is 47.6 Å². The van der Waals surface area contributed by atoms with Crippen LogP contribution in [0.2, 0.25) is 0 Å². The zero-order valence-electron chi connectivity index (χ0n) is 29.2. The maximum absolute atomic E-state index is 12.1. The Balaban J connectivity index is 3.51. The van der Waals surface area contributed by atoms with E-state index >= 15 is 0 Å². The van der Waals surface area contributed by atoms with Crippen molar-refractivity contribution in [1.29, 1.82) is 0 Å². The van der Waals surface area contributed by atoms with Crippen molar-refractivity contribution in [1.82, 2.24) is 0 Å². The molecule has 0 radical (unpaired) electrons. The fourth-order valence-corrected chi connectivity index (χ4v) is 5.98. The monoisotopic (exact) mass is 577 g/mol. The fraction of sp³-hybridized carbons (Fsp3) is 0.923. The molecule has 0 rings (SSSR count). The van der Waals surface area contributed by atoms with Crippen LogP contribution in [0.25, 0.3) is 0 Å². The minimum Gasteiger partial charge on any atom is -0.461 e. The van der Waals surface area contributed by atoms with Crippen molar-refractivity contribution < 1.29 is 9.53 Å². The Hall–Kier alpha value is -0.790. The molecule has 0 aliphatic carbocycles. The van der Waals surface area contributed by atoms with Crippen LogP contribution in [0.5, 0.6) is 0 Å². The lowest BCUT2D eigenvalue weighted by molar-refractivity contribution is -0.142. The molecule has 0 N–H and O–H groups in total. The second-order valence-corrected chi connectivity index (χ2v) is 14.1. The largest absolute Gasteiger partial charge is 0.461 e. The number of carbonyl (C=O) groups excluding carboxylic acids is 1. The molecule has 0 unspecified atom stereocenters. The topological polar surface area (TPSA) is 26.3 Å². The fourth-order valence-electron chi connectivity index (χ4n) is 5.98. The summed E-state index contributed by atoms with van der Waals surface area (Å²) in [6.07, 6.45) is 36.5. The van der Waals surface area contributed by atoms with E-state index in [9.17, 15) is 4.79 Å². The van der Waals surface area contributed by atoms with E-state index in [1.807, 2.05) is 0 Å². The number of hydrogen-bond donors (Lipinski definition) is 0. The van der Waals surface area contributed by atoms with Crippen LogP contribution in [0.3, 0.4) is 0 Å². The van der Waals surface area contributed by atoms with Gasteiger partial charge in [0.25, 0.3) is 0 Å². The molecular weight excluding hydrogens is 500 g/mol. The van der Waals surface area contributed by atoms with Gasteiger partial charge in [-0.25, -0.2) is 0 Å². The van der Waals surface area contributed by atoms with Crippen molar-refractivity contribution in [3.63, 3.8) is 0 Å². The third-order valence-corrected chi connectivity index (χ3v) is 9.05. The molecule has 0 aromatic rings. The number of allylic oxidation sites excluding steroid dienone is 1. The quantitative estimate of drug-likeness (QED) is 0.0466. The van der Waals surface area contributed by atoms with E-state index < -0.39 is 0 Å². The number of rotatable bonds is 31. The molecule has 0 spiro atoms. The van der Waals surface area contributed by atoms with Crippen LogP contribution in [0.15, 0.2) is 11.6 Å². The first kappa shape index (κ1) is 40.2. The summed E-state index contributed by atoms with van der Waals surface area (Å²) in [5.41, 5.74) is 1.37. The summed E-state index contributed by atoms with van der Waals surface area (Å²) in [6, 6.07) is 0. The first-order valence-electron chi connectivity index (χ1n) is 18.7. The lowest BCUT2D eigenvalue weighted by atomic mass is 9.91. The van der Waals surface area contributed by atoms with Gasteiger partial charge in [0.05, 0.1) is 0 Å². The molecule has 2 nitrogen and oxygen atoms in total. The highest BCUT2D eigenvalue weighted by Crippen LogP contribution is 2.22. The first-order chi connectivity index (χ1) is 19.8. The Morgan fingerprint density at radius 3 is 1.41 bits per heavy atom. The van der Waals surface area contributed by atoms with Crippen LogP contribution >= 0.6 is 0 Å². The van der Waals surface area contributed by atoms with Crippen LogP contribution in [-0.4, -0.2) is 12.6 Å². The Labute approximate surface area is 259 Å². The van der Waals surface area contributed by atoms with Gasteiger partial charge in [-0.3, -0.25) is 4.79 Å². The molecule has 0 aromatic carbocycles. The first-order valence-corrected chi connectivity index (χ1v) is 18.7. The molecule has 0 saturated carbocycles. The molecule has 0 amide bonds. The standard InChI is InChI=1S/C39H76O2/c1-7-8-9-10-11-12-13-14-15-16-17-18-19-20-21-22-32-39(40)41-34-33-38(6)31-25-30-37(5)29-24-28-36(4)27-23-26-35(2)3/h33,35-37H,7-32,34H2,1-6H3/b38-33+/t36-,37-/m1/s1. The van der Waals surface area contributed by atoms with E-state index in [4.69, 9.17) is 4.74 Å². The van der Waals surface area contributed by atoms with Crippen molar-refractivity contribution in [2.24, 2.45) is 17.8 Å². The van der Waals surface area contributed by atoms with E-state index in [0.29, 0.717) is 13.0 Å². The van der Waals surface area contributed by atoms with Crippen LogP contribution in [-0.2, 0) is 9.53 Å². The molecule has 0 aromatic heterocycles. The van der Waals surface area contributed by atoms with E-state index in [-0.39, 0.29) is 5.97 Å². The smallest absolute Gasteiger partial charge is 0.306 e. The predicted octanol–water partition coefficient (Wildman–Crippen LogP) is 13.6. The summed E-state index contributed by atoms with van der Waals surface area (Å²) < 4.78 is 5.47. The Bertz CT molecular complexity index is 578. The van der Waals surface area contributed by atoms with Gasteiger partial charge in [0.2, 0.25) is 0 Å². The molecular formula is C39H76O2. The maximum Gasteiger partial charge on any atom is 0.306 e. The molecule has 0 bridgehead atoms. The van der Waals surface area contributed by atoms with E-state index in [0.717, 1.165) is 37.0 Å². The van der Waals surface area contributed by atoms with Crippen molar-refractivity contribution in [3.8, 4) is 0 Å². The van der Waals surface area contributed by atoms with E-state index in [1.54, 1.807) is 0 Å². The molecule has 0 aliphatic rings. The SMILES string of the molecule is CCCCCCCCCCCCCCCCCCC(=O)OC/C=C(\C)CCC[C@H](C)CCC[C@H](C)CCCC(C)C. The van der Waals surface area contributed by atoms with Gasteiger partial charge in [-0.15, -0.1) is 0 Å². The summed E-state index contributed by atoms with van der Waals surface area (Å²) >= 11 is 0. The molecule has 2 atom stereocenters. The van der Waals surface area contributed by atoms with Crippen molar-refractivity contribution in [2.45, 2.75) is 208 Å². The summed E-state index contributed by atoms with van der Waals surface area (Å²) in [7, 11) is 0. The summed E-state index contributed by atoms with van der Waals surface area (Å²) in [4.78, 5) is 12.1. The molecule has 244 valence electrons. The van der Waals surface area contributed by atoms with Gasteiger partial charge in [-0.2, -0.15) is 0 Å². The molecule has 0 saturated heterocycles. The van der Waals surface area contributed by atoms with Gasteiger partial charge in [0, 0.05) is 6.42 Å². The van der Waals surface area contributed by atoms with Gasteiger partial charge >= 0.3 is 5.97 Å². The number of ether oxygens (including phenoxy) is 1. The van der Waals surface area contributed by atoms with Gasteiger partial charge in [-0.1, -0.05) is 181 Å². The summed E-state index contributed by atoms with van der Waals surface area (Å²) in [5, 5.41) is 0. The van der Waals surface area contributed by atoms with Crippen molar-refractivity contribution in [2.75, 3.05) is 6.61 Å². The average Bonchev–Trinajstić information content (AvgIpc) is 2.92. The second-order valence-electron chi connectivity index (χ2n) is 14.1. The Morgan fingerprint density at radius 1 is 0.537 bits per heavy atom. The second kappa shape index (κ2) is 30.7. The highest BCUT2D eigenvalue weighted by atomic mass is 16.5. The Kier molecular flexibility index (Phi) is 30.1. The Morgan fingerprint density at radius 2 is 0.951 bits per heavy atom.